The lowest BCUT2D eigenvalue weighted by Crippen LogP contribution is -2.29. The minimum absolute atomic E-state index is 0.0136. The molecule has 8 atom stereocenters. The second-order valence-corrected chi connectivity index (χ2v) is 20.5. The van der Waals surface area contributed by atoms with E-state index >= 15 is 0 Å². The topological polar surface area (TPSA) is 128 Å². The monoisotopic (exact) mass is 879 g/mol. The molecule has 1 saturated heterocycles. The molecule has 0 aromatic carbocycles. The lowest BCUT2D eigenvalue weighted by molar-refractivity contribution is -0.146. The number of carbonyl (C=O) groups is 2. The lowest BCUT2D eigenvalue weighted by atomic mass is 9.84. The van der Waals surface area contributed by atoms with Gasteiger partial charge in [-0.2, -0.15) is 0 Å². The first kappa shape index (κ1) is 49.2. The molecule has 0 radical (unpaired) electrons. The number of hydrogen-bond acceptors (Lipinski definition) is 7. The third kappa shape index (κ3) is 10.9. The highest BCUT2D eigenvalue weighted by Crippen LogP contribution is 2.52. The zero-order valence-electron chi connectivity index (χ0n) is 41.5. The summed E-state index contributed by atoms with van der Waals surface area (Å²) in [6.07, 6.45) is 21.7. The van der Waals surface area contributed by atoms with Crippen molar-refractivity contribution in [3.8, 4) is 0 Å². The van der Waals surface area contributed by atoms with Crippen LogP contribution in [0, 0.1) is 55.3 Å². The summed E-state index contributed by atoms with van der Waals surface area (Å²) in [6, 6.07) is 0.116. The third-order valence-electron chi connectivity index (χ3n) is 15.4. The van der Waals surface area contributed by atoms with Gasteiger partial charge in [0.1, 0.15) is 12.5 Å². The Hall–Kier alpha value is -4.24. The quantitative estimate of drug-likeness (QED) is 0.0662. The van der Waals surface area contributed by atoms with Crippen molar-refractivity contribution in [1.29, 1.82) is 0 Å². The van der Waals surface area contributed by atoms with Gasteiger partial charge in [0.25, 0.3) is 0 Å². The molecule has 352 valence electrons. The van der Waals surface area contributed by atoms with Crippen LogP contribution < -0.4 is 21.3 Å². The van der Waals surface area contributed by atoms with Gasteiger partial charge in [-0.1, -0.05) is 99.0 Å². The summed E-state index contributed by atoms with van der Waals surface area (Å²) in [5.41, 5.74) is 12.0. The average molecular weight is 879 g/mol. The van der Waals surface area contributed by atoms with Crippen molar-refractivity contribution in [2.45, 2.75) is 172 Å². The van der Waals surface area contributed by atoms with E-state index in [9.17, 15) is 14.7 Å². The largest absolute Gasteiger partial charge is 0.468 e. The molecule has 9 heteroatoms. The molecule has 1 unspecified atom stereocenters. The highest BCUT2D eigenvalue weighted by Gasteiger charge is 2.48. The van der Waals surface area contributed by atoms with Gasteiger partial charge in [-0.15, -0.1) is 0 Å². The van der Waals surface area contributed by atoms with E-state index in [0.717, 1.165) is 88.2 Å². The third-order valence-corrected chi connectivity index (χ3v) is 15.4. The van der Waals surface area contributed by atoms with Gasteiger partial charge in [0.15, 0.2) is 0 Å². The number of aromatic amines is 2. The Bertz CT molecular complexity index is 2250. The molecule has 0 spiro atoms. The van der Waals surface area contributed by atoms with Gasteiger partial charge in [-0.05, 0) is 124 Å². The van der Waals surface area contributed by atoms with E-state index in [1.54, 1.807) is 0 Å². The summed E-state index contributed by atoms with van der Waals surface area (Å²) in [6.45, 7) is 24.9. The maximum absolute atomic E-state index is 13.7. The predicted octanol–water partition coefficient (Wildman–Crippen LogP) is 10.4. The van der Waals surface area contributed by atoms with E-state index in [2.05, 4.69) is 114 Å². The second kappa shape index (κ2) is 21.8. The van der Waals surface area contributed by atoms with Crippen molar-refractivity contribution in [2.24, 2.45) is 41.4 Å². The number of hydrogen-bond donors (Lipinski definition) is 5. The summed E-state index contributed by atoms with van der Waals surface area (Å²) >= 11 is 0. The Labute approximate surface area is 384 Å². The minimum Gasteiger partial charge on any atom is -0.468 e. The number of aromatic nitrogens is 2. The highest BCUT2D eigenvalue weighted by molar-refractivity contribution is 5.95. The smallest absolute Gasteiger partial charge is 0.316 e. The molecule has 0 saturated carbocycles. The maximum Gasteiger partial charge on any atom is 0.316 e. The number of ether oxygens (including phenoxy) is 2. The molecule has 64 heavy (non-hydrogen) atoms. The number of esters is 2. The van der Waals surface area contributed by atoms with Gasteiger partial charge in [-0.25, -0.2) is 0 Å². The zero-order chi connectivity index (χ0) is 46.4. The molecule has 1 fully saturated rings. The molecule has 1 aliphatic carbocycles. The summed E-state index contributed by atoms with van der Waals surface area (Å²) in [5, 5.41) is 21.9. The number of aliphatic hydroxyl groups excluding tert-OH is 1. The molecule has 3 aliphatic heterocycles. The Morgan fingerprint density at radius 1 is 0.875 bits per heavy atom. The summed E-state index contributed by atoms with van der Waals surface area (Å²) in [4.78, 5) is 34.6. The van der Waals surface area contributed by atoms with Crippen LogP contribution in [0.4, 0.5) is 0 Å². The summed E-state index contributed by atoms with van der Waals surface area (Å²) < 4.78 is 11.2. The van der Waals surface area contributed by atoms with E-state index in [1.807, 2.05) is 6.92 Å². The van der Waals surface area contributed by atoms with Crippen LogP contribution in [0.25, 0.3) is 17.7 Å². The van der Waals surface area contributed by atoms with E-state index in [0.29, 0.717) is 23.5 Å². The standard InChI is InChI=1S/C55H82N4O5/c1-13-39-35(8)42-28-44-37(10)41(24-25-48(60)64-27-26-34(7)23-17-22-33(6)21-16-20-32(5)19-15-18-31(3)4)52(58-44)50-51(55(62)63-12)54(61)49-38(11)45(59-53(49)50)30-47-40(14-2)36(9)43(57-47)29-46(39)56-42/h26,28-33,37,39,41,46,51,54,56-59,61H,13-25,27H2,1-12H3/b34-26-,43-29-,44-28-,47-30-,52-50-/t32-,33-,37+,39-,41-,46?,51-,54+/m1/s1. The molecule has 6 rings (SSSR count). The number of rotatable bonds is 20. The number of aliphatic hydroxyl groups is 1. The van der Waals surface area contributed by atoms with Gasteiger partial charge in [-0.3, -0.25) is 9.59 Å². The number of allylic oxidation sites excluding steroid dienone is 4. The van der Waals surface area contributed by atoms with Crippen LogP contribution in [0.15, 0.2) is 40.4 Å². The zero-order valence-corrected chi connectivity index (χ0v) is 41.5. The van der Waals surface area contributed by atoms with E-state index in [-0.39, 0.29) is 36.9 Å². The van der Waals surface area contributed by atoms with E-state index in [1.165, 1.54) is 74.3 Å². The van der Waals surface area contributed by atoms with Crippen molar-refractivity contribution in [3.05, 3.63) is 84.7 Å². The first-order chi connectivity index (χ1) is 30.6. The summed E-state index contributed by atoms with van der Waals surface area (Å²) in [7, 11) is 1.38. The van der Waals surface area contributed by atoms with Crippen LogP contribution in [0.3, 0.4) is 0 Å². The first-order valence-electron chi connectivity index (χ1n) is 25.0. The maximum atomic E-state index is 13.7. The molecule has 2 aromatic rings. The van der Waals surface area contributed by atoms with Crippen molar-refractivity contribution in [3.63, 3.8) is 0 Å². The molecule has 5 N–H and O–H groups in total. The fourth-order valence-electron chi connectivity index (χ4n) is 11.2. The number of H-pyrrole nitrogens is 2. The van der Waals surface area contributed by atoms with Gasteiger partial charge in [0.2, 0.25) is 0 Å². The van der Waals surface area contributed by atoms with Gasteiger partial charge < -0.3 is 35.2 Å². The lowest BCUT2D eigenvalue weighted by Gasteiger charge is -2.21. The fraction of sp³-hybridized carbons (Fsp3) is 0.636. The molecule has 0 amide bonds. The Balaban J connectivity index is 1.20. The number of methoxy groups -OCH3 is 1. The molecule has 8 bridgehead atoms. The average Bonchev–Trinajstić information content (AvgIpc) is 3.99. The Morgan fingerprint density at radius 3 is 2.22 bits per heavy atom. The molecule has 2 aromatic heterocycles. The molecular formula is C55H82N4O5. The van der Waals surface area contributed by atoms with Gasteiger partial charge >= 0.3 is 11.9 Å². The normalized spacial score (nSPS) is 26.7. The SMILES string of the molecule is CCc1c(C)/c2[nH]/c1=C\c1[nH]c3c(c1C)[C@H](O)[C@H](C(=O)OC)/C3=C1/N/C(=C\C3=C(C)[C@@H](CC)C(\C=2)N3)[C@@H](C)[C@H]1CCC(=O)OC/C=C(/C)CCC[C@H](C)CCC[C@H](C)CCCC(C)C. The van der Waals surface area contributed by atoms with Crippen molar-refractivity contribution >= 4 is 29.7 Å². The Kier molecular flexibility index (Phi) is 16.8. The predicted molar refractivity (Wildman–Crippen MR) is 261 cm³/mol. The van der Waals surface area contributed by atoms with Crippen LogP contribution in [0.5, 0.6) is 0 Å². The number of fused-ring (bicyclic) bond motifs is 7. The fourth-order valence-corrected chi connectivity index (χ4v) is 11.2. The van der Waals surface area contributed by atoms with Crippen LogP contribution in [0.1, 0.15) is 179 Å². The molecule has 4 aliphatic rings. The van der Waals surface area contributed by atoms with Crippen molar-refractivity contribution in [2.75, 3.05) is 13.7 Å². The molecule has 5 heterocycles. The second-order valence-electron chi connectivity index (χ2n) is 20.5. The van der Waals surface area contributed by atoms with E-state index in [4.69, 9.17) is 9.47 Å². The van der Waals surface area contributed by atoms with Crippen molar-refractivity contribution in [1.82, 2.24) is 20.6 Å². The number of nitrogens with one attached hydrogen (secondary N) is 4. The van der Waals surface area contributed by atoms with E-state index < -0.39 is 18.0 Å². The van der Waals surface area contributed by atoms with Crippen LogP contribution in [0.2, 0.25) is 0 Å². The van der Waals surface area contributed by atoms with Crippen LogP contribution >= 0.6 is 0 Å². The summed E-state index contributed by atoms with van der Waals surface area (Å²) in [5.74, 6) is 0.872. The van der Waals surface area contributed by atoms with Crippen molar-refractivity contribution < 1.29 is 24.2 Å². The van der Waals surface area contributed by atoms with Crippen LogP contribution in [-0.4, -0.2) is 46.8 Å². The Morgan fingerprint density at radius 2 is 1.56 bits per heavy atom. The molecule has 9 nitrogen and oxygen atoms in total. The van der Waals surface area contributed by atoms with Gasteiger partial charge in [0.05, 0.1) is 24.9 Å². The minimum atomic E-state index is -1.10. The number of carbonyl (C=O) groups excluding carboxylic acids is 2. The van der Waals surface area contributed by atoms with Gasteiger partial charge in [0, 0.05) is 68.8 Å². The molecular weight excluding hydrogens is 797 g/mol. The highest BCUT2D eigenvalue weighted by atomic mass is 16.5. The van der Waals surface area contributed by atoms with Crippen LogP contribution in [-0.2, 0) is 25.5 Å². The first-order valence-corrected chi connectivity index (χ1v) is 25.0.